The summed E-state index contributed by atoms with van der Waals surface area (Å²) in [7, 11) is 0. The molecule has 0 N–H and O–H groups in total. The predicted molar refractivity (Wildman–Crippen MR) is 31.7 cm³/mol. The SMILES string of the molecule is [O-]CC(OC(F)(F)C(F)(F)C(F)(F)F)C(F)(F)F. The number of hydrogen-bond donors (Lipinski definition) is 0. The Balaban J connectivity index is 5.18. The van der Waals surface area contributed by atoms with Gasteiger partial charge in [0.05, 0.1) is 0 Å². The van der Waals surface area contributed by atoms with Crippen LogP contribution in [0.2, 0.25) is 0 Å². The highest BCUT2D eigenvalue weighted by molar-refractivity contribution is 4.86. The third-order valence-corrected chi connectivity index (χ3v) is 1.53. The van der Waals surface area contributed by atoms with Crippen molar-refractivity contribution in [1.82, 2.24) is 0 Å². The lowest BCUT2D eigenvalue weighted by molar-refractivity contribution is -0.474. The fraction of sp³-hybridized carbons (Fsp3) is 1.00. The maximum atomic E-state index is 12.3. The Morgan fingerprint density at radius 1 is 0.833 bits per heavy atom. The van der Waals surface area contributed by atoms with Crippen LogP contribution in [0.15, 0.2) is 0 Å². The van der Waals surface area contributed by atoms with E-state index in [0.717, 1.165) is 0 Å². The second-order valence-electron chi connectivity index (χ2n) is 2.90. The molecule has 1 atom stereocenters. The molecule has 18 heavy (non-hydrogen) atoms. The van der Waals surface area contributed by atoms with Gasteiger partial charge in [0.1, 0.15) is 6.10 Å². The minimum absolute atomic E-state index is 2.30. The Bertz CT molecular complexity index is 279. The first kappa shape index (κ1) is 17.2. The van der Waals surface area contributed by atoms with Gasteiger partial charge in [-0.25, -0.2) is 0 Å². The van der Waals surface area contributed by atoms with E-state index in [1.165, 1.54) is 0 Å². The second kappa shape index (κ2) is 4.72. The van der Waals surface area contributed by atoms with Crippen LogP contribution >= 0.6 is 0 Å². The van der Waals surface area contributed by atoms with Crippen molar-refractivity contribution in [2.75, 3.05) is 6.61 Å². The van der Waals surface area contributed by atoms with Crippen molar-refractivity contribution < 1.29 is 53.7 Å². The minimum Gasteiger partial charge on any atom is -0.852 e. The third-order valence-electron chi connectivity index (χ3n) is 1.53. The second-order valence-corrected chi connectivity index (χ2v) is 2.90. The van der Waals surface area contributed by atoms with Gasteiger partial charge in [-0.2, -0.15) is 43.9 Å². The molecule has 0 saturated carbocycles. The number of alkyl halides is 10. The van der Waals surface area contributed by atoms with Crippen molar-refractivity contribution in [3.05, 3.63) is 0 Å². The molecule has 0 bridgehead atoms. The topological polar surface area (TPSA) is 32.3 Å². The van der Waals surface area contributed by atoms with Gasteiger partial charge in [-0.05, 0) is 0 Å². The van der Waals surface area contributed by atoms with Crippen molar-refractivity contribution in [3.8, 4) is 0 Å². The van der Waals surface area contributed by atoms with E-state index in [9.17, 15) is 49.0 Å². The summed E-state index contributed by atoms with van der Waals surface area (Å²) in [6, 6.07) is 0. The highest BCUT2D eigenvalue weighted by atomic mass is 19.4. The molecule has 0 aromatic carbocycles. The van der Waals surface area contributed by atoms with E-state index in [0.29, 0.717) is 0 Å². The van der Waals surface area contributed by atoms with Gasteiger partial charge in [0.2, 0.25) is 0 Å². The van der Waals surface area contributed by atoms with Crippen LogP contribution in [0, 0.1) is 0 Å². The lowest BCUT2D eigenvalue weighted by Crippen LogP contribution is -2.57. The van der Waals surface area contributed by atoms with Crippen molar-refractivity contribution >= 4 is 0 Å². The zero-order valence-corrected chi connectivity index (χ0v) is 7.88. The van der Waals surface area contributed by atoms with Crippen LogP contribution in [0.4, 0.5) is 43.9 Å². The van der Waals surface area contributed by atoms with Gasteiger partial charge < -0.3 is 9.84 Å². The van der Waals surface area contributed by atoms with Gasteiger partial charge in [-0.1, -0.05) is 0 Å². The summed E-state index contributed by atoms with van der Waals surface area (Å²) in [5.41, 5.74) is 0. The summed E-state index contributed by atoms with van der Waals surface area (Å²) in [6.45, 7) is -2.49. The quantitative estimate of drug-likeness (QED) is 0.744. The van der Waals surface area contributed by atoms with Crippen LogP contribution in [0.5, 0.6) is 0 Å². The molecule has 0 radical (unpaired) electrons. The van der Waals surface area contributed by atoms with Gasteiger partial charge >= 0.3 is 24.4 Å². The van der Waals surface area contributed by atoms with Crippen LogP contribution < -0.4 is 5.11 Å². The Labute approximate surface area is 92.1 Å². The molecule has 1 unspecified atom stereocenters. The van der Waals surface area contributed by atoms with Crippen molar-refractivity contribution in [1.29, 1.82) is 0 Å². The largest absolute Gasteiger partial charge is 0.852 e. The molecule has 110 valence electrons. The van der Waals surface area contributed by atoms with Gasteiger partial charge in [0.25, 0.3) is 0 Å². The fourth-order valence-corrected chi connectivity index (χ4v) is 0.613. The standard InChI is InChI=1S/C6H3F10O2/c7-3(8,9)2(1-17)18-6(15,16)4(10,11)5(12,13)14/h2H,1H2/q-1. The van der Waals surface area contributed by atoms with Crippen molar-refractivity contribution in [3.63, 3.8) is 0 Å². The molecule has 0 aliphatic heterocycles. The fourth-order valence-electron chi connectivity index (χ4n) is 0.613. The molecular weight excluding hydrogens is 294 g/mol. The Morgan fingerprint density at radius 2 is 1.22 bits per heavy atom. The Morgan fingerprint density at radius 3 is 1.44 bits per heavy atom. The average molecular weight is 297 g/mol. The summed E-state index contributed by atoms with van der Waals surface area (Å²) in [6.07, 6.45) is -23.1. The zero-order valence-electron chi connectivity index (χ0n) is 7.88. The molecule has 0 heterocycles. The summed E-state index contributed by atoms with van der Waals surface area (Å²) in [5, 5.41) is 9.83. The van der Waals surface area contributed by atoms with Gasteiger partial charge in [0, 0.05) is 0 Å². The molecule has 0 saturated heterocycles. The lowest BCUT2D eigenvalue weighted by Gasteiger charge is -2.32. The number of ether oxygens (including phenoxy) is 1. The van der Waals surface area contributed by atoms with Crippen molar-refractivity contribution in [2.24, 2.45) is 0 Å². The van der Waals surface area contributed by atoms with E-state index >= 15 is 0 Å². The zero-order chi connectivity index (χ0) is 15.0. The van der Waals surface area contributed by atoms with E-state index in [-0.39, 0.29) is 0 Å². The van der Waals surface area contributed by atoms with E-state index in [1.54, 1.807) is 0 Å². The van der Waals surface area contributed by atoms with E-state index in [2.05, 4.69) is 4.74 Å². The number of hydrogen-bond acceptors (Lipinski definition) is 2. The molecule has 0 spiro atoms. The molecular formula is C6H3F10O2-. The van der Waals surface area contributed by atoms with Crippen LogP contribution in [0.1, 0.15) is 0 Å². The highest BCUT2D eigenvalue weighted by Gasteiger charge is 2.75. The lowest BCUT2D eigenvalue weighted by atomic mass is 10.3. The molecule has 0 aromatic rings. The van der Waals surface area contributed by atoms with Crippen LogP contribution in [-0.2, 0) is 4.74 Å². The summed E-state index contributed by atoms with van der Waals surface area (Å²) in [5.74, 6) is -6.86. The maximum Gasteiger partial charge on any atom is 0.462 e. The number of halogens is 10. The van der Waals surface area contributed by atoms with E-state index in [4.69, 9.17) is 0 Å². The summed E-state index contributed by atoms with van der Waals surface area (Å²) < 4.78 is 121. The summed E-state index contributed by atoms with van der Waals surface area (Å²) in [4.78, 5) is 0. The van der Waals surface area contributed by atoms with Crippen LogP contribution in [0.3, 0.4) is 0 Å². The monoisotopic (exact) mass is 297 g/mol. The van der Waals surface area contributed by atoms with Crippen LogP contribution in [0.25, 0.3) is 0 Å². The molecule has 0 aliphatic rings. The molecule has 0 rings (SSSR count). The van der Waals surface area contributed by atoms with Crippen LogP contribution in [-0.4, -0.2) is 37.1 Å². The highest BCUT2D eigenvalue weighted by Crippen LogP contribution is 2.48. The molecule has 0 aliphatic carbocycles. The first-order valence-corrected chi connectivity index (χ1v) is 3.82. The molecule has 0 fully saturated rings. The van der Waals surface area contributed by atoms with Crippen molar-refractivity contribution in [2.45, 2.75) is 30.5 Å². The van der Waals surface area contributed by atoms with E-state index < -0.39 is 37.1 Å². The maximum absolute atomic E-state index is 12.3. The molecule has 0 aromatic heterocycles. The Hall–Kier alpha value is -0.780. The normalized spacial score (nSPS) is 16.8. The molecule has 0 amide bonds. The Kier molecular flexibility index (Phi) is 4.51. The minimum atomic E-state index is -6.86. The summed E-state index contributed by atoms with van der Waals surface area (Å²) >= 11 is 0. The van der Waals surface area contributed by atoms with E-state index in [1.807, 2.05) is 0 Å². The van der Waals surface area contributed by atoms with Gasteiger partial charge in [-0.15, -0.1) is 6.61 Å². The molecule has 12 heteroatoms. The molecule has 2 nitrogen and oxygen atoms in total. The first-order valence-electron chi connectivity index (χ1n) is 3.82. The van der Waals surface area contributed by atoms with Gasteiger partial charge in [-0.3, -0.25) is 0 Å². The average Bonchev–Trinajstić information content (AvgIpc) is 2.10. The third kappa shape index (κ3) is 3.37. The van der Waals surface area contributed by atoms with Gasteiger partial charge in [0.15, 0.2) is 0 Å². The first-order chi connectivity index (χ1) is 7.67. The predicted octanol–water partition coefficient (Wildman–Crippen LogP) is 2.08. The smallest absolute Gasteiger partial charge is 0.462 e. The number of rotatable bonds is 4.